The third kappa shape index (κ3) is 5.87. The van der Waals surface area contributed by atoms with Crippen LogP contribution in [0.1, 0.15) is 27.0 Å². The Bertz CT molecular complexity index is 1300. The summed E-state index contributed by atoms with van der Waals surface area (Å²) in [6.45, 7) is 4.31. The van der Waals surface area contributed by atoms with Crippen molar-refractivity contribution in [2.75, 3.05) is 26.3 Å². The van der Waals surface area contributed by atoms with Gasteiger partial charge in [-0.15, -0.1) is 0 Å². The van der Waals surface area contributed by atoms with Gasteiger partial charge in [-0.25, -0.2) is 0 Å². The molecule has 5 rings (SSSR count). The van der Waals surface area contributed by atoms with Crippen molar-refractivity contribution >= 4 is 5.78 Å². The van der Waals surface area contributed by atoms with Gasteiger partial charge < -0.3 is 9.47 Å². The Hall–Kier alpha value is -3.81. The van der Waals surface area contributed by atoms with Gasteiger partial charge in [0.05, 0.1) is 25.0 Å². The lowest BCUT2D eigenvalue weighted by Crippen LogP contribution is -2.35. The van der Waals surface area contributed by atoms with E-state index in [0.717, 1.165) is 60.7 Å². The Balaban J connectivity index is 1.54. The van der Waals surface area contributed by atoms with Crippen molar-refractivity contribution in [3.63, 3.8) is 0 Å². The lowest BCUT2D eigenvalue weighted by Gasteiger charge is -2.28. The first kappa shape index (κ1) is 23.9. The summed E-state index contributed by atoms with van der Waals surface area (Å²) < 4.78 is 13.6. The first-order chi connectivity index (χ1) is 17.7. The first-order valence-corrected chi connectivity index (χ1v) is 12.2. The second-order valence-electron chi connectivity index (χ2n) is 9.03. The predicted molar refractivity (Wildman–Crippen MR) is 138 cm³/mol. The van der Waals surface area contributed by atoms with Gasteiger partial charge in [0.25, 0.3) is 0 Å². The zero-order valence-corrected chi connectivity index (χ0v) is 20.5. The van der Waals surface area contributed by atoms with Gasteiger partial charge in [0, 0.05) is 57.3 Å². The standard InChI is InChI=1S/C29H30N4O3/c1-32-19-25(18-31-32)26-16-27(28(34)14-23-8-5-9-30-17-23)29(36-21-22-6-3-2-4-7-22)15-24(26)20-33-10-12-35-13-11-33/h2-9,15-19H,10-14,20-21H2,1H3. The number of ketones is 1. The molecule has 1 aliphatic heterocycles. The fourth-order valence-corrected chi connectivity index (χ4v) is 4.44. The van der Waals surface area contributed by atoms with Gasteiger partial charge >= 0.3 is 0 Å². The number of carbonyl (C=O) groups is 1. The molecule has 184 valence electrons. The van der Waals surface area contributed by atoms with Gasteiger partial charge in [0.15, 0.2) is 5.78 Å². The van der Waals surface area contributed by atoms with Gasteiger partial charge in [-0.05, 0) is 40.5 Å². The highest BCUT2D eigenvalue weighted by Crippen LogP contribution is 2.33. The van der Waals surface area contributed by atoms with Crippen LogP contribution in [0.4, 0.5) is 0 Å². The van der Waals surface area contributed by atoms with Crippen molar-refractivity contribution in [2.45, 2.75) is 19.6 Å². The van der Waals surface area contributed by atoms with Crippen LogP contribution in [0.5, 0.6) is 5.75 Å². The summed E-state index contributed by atoms with van der Waals surface area (Å²) in [6, 6.07) is 17.8. The van der Waals surface area contributed by atoms with Gasteiger partial charge in [0.2, 0.25) is 0 Å². The van der Waals surface area contributed by atoms with E-state index in [0.29, 0.717) is 17.9 Å². The van der Waals surface area contributed by atoms with Crippen LogP contribution < -0.4 is 4.74 Å². The van der Waals surface area contributed by atoms with Crippen molar-refractivity contribution < 1.29 is 14.3 Å². The lowest BCUT2D eigenvalue weighted by atomic mass is 9.94. The average molecular weight is 483 g/mol. The van der Waals surface area contributed by atoms with E-state index in [-0.39, 0.29) is 12.2 Å². The molecule has 0 aliphatic carbocycles. The molecule has 4 aromatic rings. The number of ether oxygens (including phenoxy) is 2. The van der Waals surface area contributed by atoms with E-state index in [2.05, 4.69) is 15.0 Å². The molecule has 1 saturated heterocycles. The Morgan fingerprint density at radius 2 is 1.83 bits per heavy atom. The zero-order chi connectivity index (χ0) is 24.7. The number of benzene rings is 2. The fraction of sp³-hybridized carbons (Fsp3) is 0.276. The van der Waals surface area contributed by atoms with Crippen molar-refractivity contribution in [3.05, 3.63) is 102 Å². The molecule has 0 bridgehead atoms. The van der Waals surface area contributed by atoms with Crippen LogP contribution >= 0.6 is 0 Å². The highest BCUT2D eigenvalue weighted by Gasteiger charge is 2.21. The molecule has 2 aromatic carbocycles. The number of Topliss-reactive ketones (excluding diaryl/α,β-unsaturated/α-hetero) is 1. The Morgan fingerprint density at radius 1 is 1.03 bits per heavy atom. The molecule has 36 heavy (non-hydrogen) atoms. The van der Waals surface area contributed by atoms with Crippen LogP contribution in [0.15, 0.2) is 79.4 Å². The van der Waals surface area contributed by atoms with Gasteiger partial charge in [0.1, 0.15) is 12.4 Å². The van der Waals surface area contributed by atoms with Gasteiger partial charge in [-0.2, -0.15) is 5.10 Å². The minimum atomic E-state index is -0.00544. The quantitative estimate of drug-likeness (QED) is 0.331. The smallest absolute Gasteiger partial charge is 0.171 e. The molecule has 0 radical (unpaired) electrons. The third-order valence-electron chi connectivity index (χ3n) is 6.34. The molecule has 0 unspecified atom stereocenters. The maximum absolute atomic E-state index is 13.6. The van der Waals surface area contributed by atoms with Crippen LogP contribution in [-0.2, 0) is 31.4 Å². The molecule has 0 N–H and O–H groups in total. The summed E-state index contributed by atoms with van der Waals surface area (Å²) in [5.74, 6) is 0.595. The zero-order valence-electron chi connectivity index (χ0n) is 20.5. The summed E-state index contributed by atoms with van der Waals surface area (Å²) in [5.41, 5.74) is 5.57. The maximum atomic E-state index is 13.6. The molecule has 0 spiro atoms. The van der Waals surface area contributed by atoms with Crippen LogP contribution in [0, 0.1) is 0 Å². The number of hydrogen-bond donors (Lipinski definition) is 0. The highest BCUT2D eigenvalue weighted by molar-refractivity contribution is 6.01. The number of nitrogens with zero attached hydrogens (tertiary/aromatic N) is 4. The summed E-state index contributed by atoms with van der Waals surface area (Å²) in [6.07, 6.45) is 7.53. The molecule has 3 heterocycles. The summed E-state index contributed by atoms with van der Waals surface area (Å²) >= 11 is 0. The minimum absolute atomic E-state index is 0.00544. The Kier molecular flexibility index (Phi) is 7.50. The third-order valence-corrected chi connectivity index (χ3v) is 6.34. The number of pyridine rings is 1. The number of rotatable bonds is 9. The average Bonchev–Trinajstić information content (AvgIpc) is 3.35. The van der Waals surface area contributed by atoms with E-state index < -0.39 is 0 Å². The predicted octanol–water partition coefficient (Wildman–Crippen LogP) is 4.32. The number of aryl methyl sites for hydroxylation is 1. The maximum Gasteiger partial charge on any atom is 0.171 e. The molecule has 7 heteroatoms. The van der Waals surface area contributed by atoms with Crippen LogP contribution in [0.3, 0.4) is 0 Å². The highest BCUT2D eigenvalue weighted by atomic mass is 16.5. The summed E-state index contributed by atoms with van der Waals surface area (Å²) in [5, 5.41) is 4.38. The SMILES string of the molecule is Cn1cc(-c2cc(C(=O)Cc3cccnc3)c(OCc3ccccc3)cc2CN2CCOCC2)cn1. The Morgan fingerprint density at radius 3 is 2.56 bits per heavy atom. The largest absolute Gasteiger partial charge is 0.488 e. The molecule has 7 nitrogen and oxygen atoms in total. The molecular weight excluding hydrogens is 452 g/mol. The number of morpholine rings is 1. The topological polar surface area (TPSA) is 69.5 Å². The van der Waals surface area contributed by atoms with Crippen molar-refractivity contribution in [2.24, 2.45) is 7.05 Å². The van der Waals surface area contributed by atoms with Crippen molar-refractivity contribution in [3.8, 4) is 16.9 Å². The van der Waals surface area contributed by atoms with Crippen molar-refractivity contribution in [1.29, 1.82) is 0 Å². The second kappa shape index (κ2) is 11.3. The van der Waals surface area contributed by atoms with E-state index in [9.17, 15) is 4.79 Å². The molecule has 1 aliphatic rings. The van der Waals surface area contributed by atoms with Crippen molar-refractivity contribution in [1.82, 2.24) is 19.7 Å². The second-order valence-corrected chi connectivity index (χ2v) is 9.03. The molecule has 1 fully saturated rings. The van der Waals surface area contributed by atoms with E-state index in [4.69, 9.17) is 9.47 Å². The van der Waals surface area contributed by atoms with E-state index >= 15 is 0 Å². The monoisotopic (exact) mass is 482 g/mol. The first-order valence-electron chi connectivity index (χ1n) is 12.2. The number of hydrogen-bond acceptors (Lipinski definition) is 6. The molecule has 0 saturated carbocycles. The molecule has 2 aromatic heterocycles. The van der Waals surface area contributed by atoms with Gasteiger partial charge in [-0.1, -0.05) is 36.4 Å². The van der Waals surface area contributed by atoms with Gasteiger partial charge in [-0.3, -0.25) is 19.4 Å². The van der Waals surface area contributed by atoms with E-state index in [1.54, 1.807) is 17.1 Å². The van der Waals surface area contributed by atoms with Crippen LogP contribution in [-0.4, -0.2) is 51.8 Å². The molecular formula is C29H30N4O3. The summed E-state index contributed by atoms with van der Waals surface area (Å²) in [7, 11) is 1.90. The van der Waals surface area contributed by atoms with E-state index in [1.165, 1.54) is 0 Å². The molecule has 0 amide bonds. The minimum Gasteiger partial charge on any atom is -0.488 e. The lowest BCUT2D eigenvalue weighted by molar-refractivity contribution is 0.0342. The normalized spacial score (nSPS) is 14.0. The Labute approximate surface area is 211 Å². The molecule has 0 atom stereocenters. The summed E-state index contributed by atoms with van der Waals surface area (Å²) in [4.78, 5) is 20.1. The van der Waals surface area contributed by atoms with E-state index in [1.807, 2.05) is 74.0 Å². The number of carbonyl (C=O) groups excluding carboxylic acids is 1. The fourth-order valence-electron chi connectivity index (χ4n) is 4.44. The van der Waals surface area contributed by atoms with Crippen LogP contribution in [0.25, 0.3) is 11.1 Å². The van der Waals surface area contributed by atoms with Crippen LogP contribution in [0.2, 0.25) is 0 Å². The number of aromatic nitrogens is 3.